The lowest BCUT2D eigenvalue weighted by molar-refractivity contribution is -0.677. The van der Waals surface area contributed by atoms with Crippen LogP contribution in [-0.4, -0.2) is 45.7 Å². The molecule has 1 saturated heterocycles. The van der Waals surface area contributed by atoms with Crippen LogP contribution in [0.3, 0.4) is 0 Å². The van der Waals surface area contributed by atoms with Crippen LogP contribution in [0.25, 0.3) is 0 Å². The molecule has 1 fully saturated rings. The van der Waals surface area contributed by atoms with E-state index in [1.807, 2.05) is 22.3 Å². The zero-order chi connectivity index (χ0) is 16.0. The Balaban J connectivity index is 2.12. The van der Waals surface area contributed by atoms with Gasteiger partial charge in [0.1, 0.15) is 11.9 Å². The summed E-state index contributed by atoms with van der Waals surface area (Å²) >= 11 is 0. The van der Waals surface area contributed by atoms with Crippen LogP contribution in [-0.2, 0) is 11.3 Å². The van der Waals surface area contributed by atoms with Gasteiger partial charge in [-0.1, -0.05) is 23.7 Å². The smallest absolute Gasteiger partial charge is 0.270 e. The van der Waals surface area contributed by atoms with Crippen molar-refractivity contribution in [3.05, 3.63) is 37.2 Å². The number of amides is 3. The van der Waals surface area contributed by atoms with Crippen molar-refractivity contribution >= 4 is 23.7 Å². The molecule has 114 valence electrons. The summed E-state index contributed by atoms with van der Waals surface area (Å²) in [6.07, 6.45) is 5.20. The number of aromatic nitrogens is 2. The third-order valence-corrected chi connectivity index (χ3v) is 3.95. The van der Waals surface area contributed by atoms with E-state index < -0.39 is 6.04 Å². The highest BCUT2D eigenvalue weighted by Gasteiger charge is 2.52. The minimum absolute atomic E-state index is 0.189. The van der Waals surface area contributed by atoms with Crippen molar-refractivity contribution in [1.29, 1.82) is 0 Å². The molecule has 1 aromatic heterocycles. The normalized spacial score (nSPS) is 19.9. The third-order valence-electron chi connectivity index (χ3n) is 3.95. The van der Waals surface area contributed by atoms with Crippen molar-refractivity contribution in [2.45, 2.75) is 19.5 Å². The molecular formula is C15H18N5O2+. The molecule has 1 atom stereocenters. The Labute approximate surface area is 128 Å². The number of hydrogen-bond donors (Lipinski definition) is 0. The van der Waals surface area contributed by atoms with Crippen LogP contribution in [0.15, 0.2) is 36.5 Å². The van der Waals surface area contributed by atoms with Gasteiger partial charge in [0, 0.05) is 13.6 Å². The van der Waals surface area contributed by atoms with E-state index in [0.29, 0.717) is 18.3 Å². The van der Waals surface area contributed by atoms with Crippen LogP contribution < -0.4 is 4.57 Å². The van der Waals surface area contributed by atoms with Gasteiger partial charge >= 0.3 is 12.0 Å². The number of rotatable bonds is 4. The van der Waals surface area contributed by atoms with Gasteiger partial charge in [0.05, 0.1) is 6.54 Å². The predicted octanol–water partition coefficient (Wildman–Crippen LogP) is 0.935. The van der Waals surface area contributed by atoms with Gasteiger partial charge < -0.3 is 0 Å². The summed E-state index contributed by atoms with van der Waals surface area (Å²) in [5.41, 5.74) is 0.986. The lowest BCUT2D eigenvalue weighted by atomic mass is 10.1. The maximum absolute atomic E-state index is 12.7. The molecule has 0 saturated carbocycles. The van der Waals surface area contributed by atoms with Crippen molar-refractivity contribution < 1.29 is 14.2 Å². The first-order valence-corrected chi connectivity index (χ1v) is 7.02. The number of fused-ring (bicyclic) bond motifs is 3. The number of carbonyl (C=O) groups is 2. The van der Waals surface area contributed by atoms with Crippen molar-refractivity contribution in [3.8, 4) is 0 Å². The Kier molecular flexibility index (Phi) is 3.20. The first kappa shape index (κ1) is 14.2. The molecule has 0 N–H and O–H groups in total. The molecule has 0 aromatic carbocycles. The molecule has 22 heavy (non-hydrogen) atoms. The summed E-state index contributed by atoms with van der Waals surface area (Å²) in [6, 6.07) is -0.972. The molecule has 7 nitrogen and oxygen atoms in total. The van der Waals surface area contributed by atoms with E-state index in [4.69, 9.17) is 0 Å². The maximum atomic E-state index is 12.7. The van der Waals surface area contributed by atoms with Gasteiger partial charge in [0.25, 0.3) is 5.91 Å². The van der Waals surface area contributed by atoms with Crippen molar-refractivity contribution in [3.63, 3.8) is 0 Å². The SMILES string of the molecule is C=CCN1C(=O)C2C(=Nc3n(CC=C)c(C)c[n+]32)N(C)C1=O. The number of urea groups is 1. The summed E-state index contributed by atoms with van der Waals surface area (Å²) in [4.78, 5) is 32.1. The van der Waals surface area contributed by atoms with Gasteiger partial charge in [-0.05, 0) is 6.92 Å². The Bertz CT molecular complexity index is 731. The van der Waals surface area contributed by atoms with E-state index in [9.17, 15) is 9.59 Å². The summed E-state index contributed by atoms with van der Waals surface area (Å²) in [5.74, 6) is 0.843. The number of amidine groups is 1. The van der Waals surface area contributed by atoms with Gasteiger partial charge in [-0.2, -0.15) is 0 Å². The molecule has 2 aliphatic heterocycles. The van der Waals surface area contributed by atoms with E-state index in [2.05, 4.69) is 18.2 Å². The molecule has 2 aliphatic rings. The molecule has 3 rings (SSSR count). The standard InChI is InChI=1S/C15H18N5O2/c1-5-7-18-10(3)9-20-11-12(16-14(18)20)17(4)15(22)19(8-6-2)13(11)21/h5-6,9,11H,1-2,7-8H2,3-4H3/q+1. The van der Waals surface area contributed by atoms with Crippen LogP contribution >= 0.6 is 0 Å². The summed E-state index contributed by atoms with van der Waals surface area (Å²) in [6.45, 7) is 10.1. The van der Waals surface area contributed by atoms with E-state index in [1.54, 1.807) is 19.2 Å². The molecule has 1 unspecified atom stereocenters. The van der Waals surface area contributed by atoms with Gasteiger partial charge in [0.2, 0.25) is 11.9 Å². The second kappa shape index (κ2) is 4.94. The maximum Gasteiger partial charge on any atom is 0.402 e. The van der Waals surface area contributed by atoms with Crippen LogP contribution in [0, 0.1) is 6.92 Å². The Hall–Kier alpha value is -2.70. The highest BCUT2D eigenvalue weighted by molar-refractivity contribution is 6.19. The van der Waals surface area contributed by atoms with Gasteiger partial charge in [-0.25, -0.2) is 13.9 Å². The molecule has 0 aliphatic carbocycles. The first-order chi connectivity index (χ1) is 10.5. The fourth-order valence-corrected chi connectivity index (χ4v) is 2.88. The van der Waals surface area contributed by atoms with E-state index >= 15 is 0 Å². The average Bonchev–Trinajstić information content (AvgIpc) is 2.99. The minimum Gasteiger partial charge on any atom is -0.270 e. The molecular weight excluding hydrogens is 282 g/mol. The number of imidazole rings is 1. The molecule has 1 aromatic rings. The monoisotopic (exact) mass is 300 g/mol. The highest BCUT2D eigenvalue weighted by Crippen LogP contribution is 2.28. The second-order valence-corrected chi connectivity index (χ2v) is 5.33. The number of nitrogens with zero attached hydrogens (tertiary/aromatic N) is 5. The molecule has 0 radical (unpaired) electrons. The highest BCUT2D eigenvalue weighted by atomic mass is 16.2. The number of aryl methyl sites for hydroxylation is 1. The van der Waals surface area contributed by atoms with Crippen molar-refractivity contribution in [2.75, 3.05) is 13.6 Å². The zero-order valence-electron chi connectivity index (χ0n) is 12.7. The minimum atomic E-state index is -0.595. The Morgan fingerprint density at radius 2 is 2.00 bits per heavy atom. The fourth-order valence-electron chi connectivity index (χ4n) is 2.88. The van der Waals surface area contributed by atoms with Gasteiger partial charge in [-0.3, -0.25) is 14.6 Å². The van der Waals surface area contributed by atoms with Gasteiger partial charge in [0.15, 0.2) is 0 Å². The molecule has 3 heterocycles. The Morgan fingerprint density at radius 1 is 1.32 bits per heavy atom. The number of likely N-dealkylation sites (N-methyl/N-ethyl adjacent to an activating group) is 1. The quantitative estimate of drug-likeness (QED) is 0.613. The van der Waals surface area contributed by atoms with Crippen LogP contribution in [0.5, 0.6) is 0 Å². The van der Waals surface area contributed by atoms with Crippen LogP contribution in [0.4, 0.5) is 10.7 Å². The summed E-state index contributed by atoms with van der Waals surface area (Å²) in [7, 11) is 1.63. The molecule has 0 spiro atoms. The number of imide groups is 1. The van der Waals surface area contributed by atoms with E-state index in [0.717, 1.165) is 5.69 Å². The molecule has 0 bridgehead atoms. The average molecular weight is 300 g/mol. The number of allylic oxidation sites excluding steroid dienone is 1. The number of hydrogen-bond acceptors (Lipinski definition) is 3. The topological polar surface area (TPSA) is 61.8 Å². The fraction of sp³-hybridized carbons (Fsp3) is 0.333. The molecule has 3 amide bonds. The van der Waals surface area contributed by atoms with Crippen LogP contribution in [0.1, 0.15) is 11.7 Å². The lowest BCUT2D eigenvalue weighted by Crippen LogP contribution is -2.62. The van der Waals surface area contributed by atoms with Gasteiger partial charge in [-0.15, -0.1) is 6.58 Å². The lowest BCUT2D eigenvalue weighted by Gasteiger charge is -2.32. The van der Waals surface area contributed by atoms with Crippen LogP contribution in [0.2, 0.25) is 0 Å². The zero-order valence-corrected chi connectivity index (χ0v) is 12.7. The first-order valence-electron chi connectivity index (χ1n) is 7.02. The predicted molar refractivity (Wildman–Crippen MR) is 80.8 cm³/mol. The Morgan fingerprint density at radius 3 is 2.64 bits per heavy atom. The number of carbonyl (C=O) groups excluding carboxylic acids is 2. The third kappa shape index (κ3) is 1.75. The summed E-state index contributed by atoms with van der Waals surface area (Å²) in [5, 5.41) is 0. The summed E-state index contributed by atoms with van der Waals surface area (Å²) < 4.78 is 3.78. The number of aliphatic imine (C=N–C) groups is 1. The van der Waals surface area contributed by atoms with E-state index in [1.165, 1.54) is 9.80 Å². The second-order valence-electron chi connectivity index (χ2n) is 5.33. The molecule has 7 heteroatoms. The van der Waals surface area contributed by atoms with Crippen molar-refractivity contribution in [1.82, 2.24) is 14.4 Å². The largest absolute Gasteiger partial charge is 0.402 e. The van der Waals surface area contributed by atoms with E-state index in [-0.39, 0.29) is 18.5 Å². The van der Waals surface area contributed by atoms with Crippen molar-refractivity contribution in [2.24, 2.45) is 4.99 Å².